The first kappa shape index (κ1) is 12.1. The second kappa shape index (κ2) is 5.76. The molecule has 0 atom stereocenters. The SMILES string of the molecule is CCNCc1ccc(OCC)c(C)c1C. The molecule has 1 aromatic carbocycles. The van der Waals surface area contributed by atoms with Crippen molar-refractivity contribution in [2.24, 2.45) is 0 Å². The molecule has 1 rings (SSSR count). The molecule has 0 fully saturated rings. The third-order valence-electron chi connectivity index (χ3n) is 2.71. The maximum atomic E-state index is 5.56. The van der Waals surface area contributed by atoms with Gasteiger partial charge in [-0.1, -0.05) is 13.0 Å². The van der Waals surface area contributed by atoms with Crippen LogP contribution in [-0.4, -0.2) is 13.2 Å². The van der Waals surface area contributed by atoms with Crippen molar-refractivity contribution < 1.29 is 4.74 Å². The van der Waals surface area contributed by atoms with Crippen LogP contribution in [0.15, 0.2) is 12.1 Å². The zero-order chi connectivity index (χ0) is 11.3. The second-order valence-electron chi connectivity index (χ2n) is 3.69. The van der Waals surface area contributed by atoms with E-state index in [1.54, 1.807) is 0 Å². The minimum Gasteiger partial charge on any atom is -0.494 e. The molecular formula is C13H21NO. The van der Waals surface area contributed by atoms with Crippen molar-refractivity contribution >= 4 is 0 Å². The third kappa shape index (κ3) is 2.96. The summed E-state index contributed by atoms with van der Waals surface area (Å²) < 4.78 is 5.56. The maximum absolute atomic E-state index is 5.56. The quantitative estimate of drug-likeness (QED) is 0.801. The van der Waals surface area contributed by atoms with Crippen molar-refractivity contribution in [3.05, 3.63) is 28.8 Å². The highest BCUT2D eigenvalue weighted by Gasteiger charge is 2.06. The molecule has 0 spiro atoms. The fourth-order valence-electron chi connectivity index (χ4n) is 1.61. The zero-order valence-corrected chi connectivity index (χ0v) is 10.2. The lowest BCUT2D eigenvalue weighted by atomic mass is 10.0. The highest BCUT2D eigenvalue weighted by molar-refractivity contribution is 5.43. The Morgan fingerprint density at radius 2 is 1.87 bits per heavy atom. The van der Waals surface area contributed by atoms with Gasteiger partial charge in [-0.05, 0) is 50.1 Å². The smallest absolute Gasteiger partial charge is 0.122 e. The summed E-state index contributed by atoms with van der Waals surface area (Å²) in [4.78, 5) is 0. The van der Waals surface area contributed by atoms with E-state index in [9.17, 15) is 0 Å². The van der Waals surface area contributed by atoms with Gasteiger partial charge < -0.3 is 10.1 Å². The van der Waals surface area contributed by atoms with Crippen LogP contribution in [0.3, 0.4) is 0 Å². The highest BCUT2D eigenvalue weighted by Crippen LogP contribution is 2.24. The number of nitrogens with one attached hydrogen (secondary N) is 1. The normalized spacial score (nSPS) is 10.4. The molecule has 1 aromatic rings. The van der Waals surface area contributed by atoms with Gasteiger partial charge in [0.15, 0.2) is 0 Å². The Kier molecular flexibility index (Phi) is 4.63. The summed E-state index contributed by atoms with van der Waals surface area (Å²) in [6.07, 6.45) is 0. The summed E-state index contributed by atoms with van der Waals surface area (Å²) in [6.45, 7) is 11.1. The van der Waals surface area contributed by atoms with Gasteiger partial charge in [0.2, 0.25) is 0 Å². The van der Waals surface area contributed by atoms with Crippen LogP contribution < -0.4 is 10.1 Å². The van der Waals surface area contributed by atoms with E-state index in [-0.39, 0.29) is 0 Å². The van der Waals surface area contributed by atoms with Crippen LogP contribution in [-0.2, 0) is 6.54 Å². The van der Waals surface area contributed by atoms with E-state index in [0.29, 0.717) is 0 Å². The molecule has 0 unspecified atom stereocenters. The van der Waals surface area contributed by atoms with Gasteiger partial charge in [0, 0.05) is 6.54 Å². The molecule has 84 valence electrons. The molecule has 0 bridgehead atoms. The van der Waals surface area contributed by atoms with E-state index in [4.69, 9.17) is 4.74 Å². The lowest BCUT2D eigenvalue weighted by Crippen LogP contribution is -2.13. The average molecular weight is 207 g/mol. The van der Waals surface area contributed by atoms with Crippen molar-refractivity contribution in [3.8, 4) is 5.75 Å². The van der Waals surface area contributed by atoms with Gasteiger partial charge in [0.05, 0.1) is 6.61 Å². The van der Waals surface area contributed by atoms with Gasteiger partial charge in [0.1, 0.15) is 5.75 Å². The Morgan fingerprint density at radius 1 is 1.13 bits per heavy atom. The van der Waals surface area contributed by atoms with Crippen LogP contribution in [0.25, 0.3) is 0 Å². The average Bonchev–Trinajstić information content (AvgIpc) is 2.24. The molecule has 0 aromatic heterocycles. The molecule has 0 aliphatic rings. The van der Waals surface area contributed by atoms with Gasteiger partial charge >= 0.3 is 0 Å². The van der Waals surface area contributed by atoms with Crippen molar-refractivity contribution in [3.63, 3.8) is 0 Å². The van der Waals surface area contributed by atoms with E-state index in [1.807, 2.05) is 6.92 Å². The Bertz CT molecular complexity index is 321. The Balaban J connectivity index is 2.88. The molecule has 0 aliphatic heterocycles. The number of hydrogen-bond donors (Lipinski definition) is 1. The fraction of sp³-hybridized carbons (Fsp3) is 0.538. The minimum atomic E-state index is 0.729. The van der Waals surface area contributed by atoms with Crippen LogP contribution in [0.1, 0.15) is 30.5 Å². The van der Waals surface area contributed by atoms with Gasteiger partial charge in [-0.2, -0.15) is 0 Å². The van der Waals surface area contributed by atoms with Crippen LogP contribution in [0.4, 0.5) is 0 Å². The van der Waals surface area contributed by atoms with Gasteiger partial charge in [-0.3, -0.25) is 0 Å². The van der Waals surface area contributed by atoms with E-state index in [1.165, 1.54) is 16.7 Å². The summed E-state index contributed by atoms with van der Waals surface area (Å²) in [6, 6.07) is 4.22. The van der Waals surface area contributed by atoms with Crippen LogP contribution in [0.5, 0.6) is 5.75 Å². The van der Waals surface area contributed by atoms with Crippen molar-refractivity contribution in [1.29, 1.82) is 0 Å². The van der Waals surface area contributed by atoms with E-state index in [0.717, 1.165) is 25.4 Å². The lowest BCUT2D eigenvalue weighted by Gasteiger charge is -2.13. The number of hydrogen-bond acceptors (Lipinski definition) is 2. The molecule has 0 amide bonds. The van der Waals surface area contributed by atoms with Gasteiger partial charge in [0.25, 0.3) is 0 Å². The molecule has 0 heterocycles. The Hall–Kier alpha value is -1.02. The third-order valence-corrected chi connectivity index (χ3v) is 2.71. The molecule has 15 heavy (non-hydrogen) atoms. The molecule has 0 aliphatic carbocycles. The molecule has 0 saturated carbocycles. The molecular weight excluding hydrogens is 186 g/mol. The summed E-state index contributed by atoms with van der Waals surface area (Å²) in [5.74, 6) is 1.01. The topological polar surface area (TPSA) is 21.3 Å². The molecule has 2 heteroatoms. The van der Waals surface area contributed by atoms with Crippen molar-refractivity contribution in [2.45, 2.75) is 34.2 Å². The molecule has 0 saturated heterocycles. The predicted molar refractivity (Wildman–Crippen MR) is 64.5 cm³/mol. The Morgan fingerprint density at radius 3 is 2.47 bits per heavy atom. The monoisotopic (exact) mass is 207 g/mol. The second-order valence-corrected chi connectivity index (χ2v) is 3.69. The molecule has 1 N–H and O–H groups in total. The van der Waals surface area contributed by atoms with Crippen molar-refractivity contribution in [2.75, 3.05) is 13.2 Å². The maximum Gasteiger partial charge on any atom is 0.122 e. The number of rotatable bonds is 5. The first-order chi connectivity index (χ1) is 7.20. The lowest BCUT2D eigenvalue weighted by molar-refractivity contribution is 0.337. The van der Waals surface area contributed by atoms with Gasteiger partial charge in [-0.25, -0.2) is 0 Å². The first-order valence-electron chi connectivity index (χ1n) is 5.63. The summed E-state index contributed by atoms with van der Waals surface area (Å²) in [5, 5.41) is 3.34. The standard InChI is InChI=1S/C13H21NO/c1-5-14-9-12-7-8-13(15-6-2)11(4)10(12)3/h7-8,14H,5-6,9H2,1-4H3. The van der Waals surface area contributed by atoms with E-state index >= 15 is 0 Å². The fourth-order valence-corrected chi connectivity index (χ4v) is 1.61. The van der Waals surface area contributed by atoms with Crippen LogP contribution in [0.2, 0.25) is 0 Å². The highest BCUT2D eigenvalue weighted by atomic mass is 16.5. The zero-order valence-electron chi connectivity index (χ0n) is 10.2. The van der Waals surface area contributed by atoms with E-state index in [2.05, 4.69) is 38.2 Å². The molecule has 0 radical (unpaired) electrons. The minimum absolute atomic E-state index is 0.729. The first-order valence-corrected chi connectivity index (χ1v) is 5.63. The predicted octanol–water partition coefficient (Wildman–Crippen LogP) is 2.81. The van der Waals surface area contributed by atoms with Crippen LogP contribution in [0, 0.1) is 13.8 Å². The van der Waals surface area contributed by atoms with Crippen LogP contribution >= 0.6 is 0 Å². The summed E-state index contributed by atoms with van der Waals surface area (Å²) in [5.41, 5.74) is 3.95. The van der Waals surface area contributed by atoms with Gasteiger partial charge in [-0.15, -0.1) is 0 Å². The summed E-state index contributed by atoms with van der Waals surface area (Å²) >= 11 is 0. The number of ether oxygens (including phenoxy) is 1. The summed E-state index contributed by atoms with van der Waals surface area (Å²) in [7, 11) is 0. The van der Waals surface area contributed by atoms with Crippen molar-refractivity contribution in [1.82, 2.24) is 5.32 Å². The molecule has 2 nitrogen and oxygen atoms in total. The number of benzene rings is 1. The largest absolute Gasteiger partial charge is 0.494 e. The Labute approximate surface area is 92.6 Å². The van der Waals surface area contributed by atoms with E-state index < -0.39 is 0 Å².